The Balaban J connectivity index is 2.03. The predicted molar refractivity (Wildman–Crippen MR) is 91.1 cm³/mol. The highest BCUT2D eigenvalue weighted by Gasteiger charge is 2.12. The van der Waals surface area contributed by atoms with Gasteiger partial charge in [-0.05, 0) is 23.8 Å². The summed E-state index contributed by atoms with van der Waals surface area (Å²) >= 11 is 12.0. The van der Waals surface area contributed by atoms with Crippen LogP contribution in [0.15, 0.2) is 36.4 Å². The lowest BCUT2D eigenvalue weighted by molar-refractivity contribution is 0.581. The Hall–Kier alpha value is -0.990. The van der Waals surface area contributed by atoms with Crippen LogP contribution in [0.2, 0.25) is 4.34 Å². The van der Waals surface area contributed by atoms with Gasteiger partial charge in [0, 0.05) is 17.0 Å². The summed E-state index contributed by atoms with van der Waals surface area (Å²) in [6, 6.07) is 10.4. The molecule has 8 heteroatoms. The molecule has 1 heterocycles. The number of hydrogen-bond acceptors (Lipinski definition) is 4. The summed E-state index contributed by atoms with van der Waals surface area (Å²) in [6.45, 7) is 0.231. The maximum atomic E-state index is 12.1. The molecule has 112 valence electrons. The van der Waals surface area contributed by atoms with Crippen LogP contribution >= 0.6 is 35.2 Å². The smallest absolute Gasteiger partial charge is 0.216 e. The van der Waals surface area contributed by atoms with Crippen molar-refractivity contribution in [2.75, 3.05) is 0 Å². The summed E-state index contributed by atoms with van der Waals surface area (Å²) in [6.07, 6.45) is 0. The van der Waals surface area contributed by atoms with Crippen molar-refractivity contribution in [1.29, 1.82) is 0 Å². The highest BCUT2D eigenvalue weighted by Crippen LogP contribution is 2.21. The van der Waals surface area contributed by atoms with Crippen LogP contribution in [0.3, 0.4) is 0 Å². The van der Waals surface area contributed by atoms with Crippen molar-refractivity contribution in [2.45, 2.75) is 12.3 Å². The fourth-order valence-corrected chi connectivity index (χ4v) is 4.05. The standard InChI is InChI=1S/C13H13ClN2O2S3/c14-12-5-4-11(20-12)7-16-21(17,18)8-9-2-1-3-10(6-9)13(15)19/h1-6,16H,7-8H2,(H2,15,19). The van der Waals surface area contributed by atoms with E-state index < -0.39 is 10.0 Å². The molecular weight excluding hydrogens is 348 g/mol. The van der Waals surface area contributed by atoms with Gasteiger partial charge >= 0.3 is 0 Å². The van der Waals surface area contributed by atoms with Crippen molar-refractivity contribution < 1.29 is 8.42 Å². The summed E-state index contributed by atoms with van der Waals surface area (Å²) in [7, 11) is -3.44. The molecule has 1 aromatic carbocycles. The van der Waals surface area contributed by atoms with Gasteiger partial charge in [0.1, 0.15) is 4.99 Å². The number of hydrogen-bond donors (Lipinski definition) is 2. The van der Waals surface area contributed by atoms with Crippen molar-refractivity contribution in [3.8, 4) is 0 Å². The van der Waals surface area contributed by atoms with Gasteiger partial charge in [0.05, 0.1) is 10.1 Å². The van der Waals surface area contributed by atoms with Crippen molar-refractivity contribution >= 4 is 50.2 Å². The Morgan fingerprint density at radius 2 is 2.10 bits per heavy atom. The summed E-state index contributed by atoms with van der Waals surface area (Å²) in [5, 5.41) is 0. The third-order valence-corrected chi connectivity index (χ3v) is 5.43. The SMILES string of the molecule is NC(=S)c1cccc(CS(=O)(=O)NCc2ccc(Cl)s2)c1. The van der Waals surface area contributed by atoms with Gasteiger partial charge < -0.3 is 5.73 Å². The molecule has 21 heavy (non-hydrogen) atoms. The number of thiocarbonyl (C=S) groups is 1. The van der Waals surface area contributed by atoms with Crippen LogP contribution < -0.4 is 10.5 Å². The summed E-state index contributed by atoms with van der Waals surface area (Å²) < 4.78 is 27.3. The number of nitrogens with two attached hydrogens (primary N) is 1. The molecule has 0 amide bonds. The van der Waals surface area contributed by atoms with Gasteiger partial charge in [0.2, 0.25) is 10.0 Å². The largest absolute Gasteiger partial charge is 0.389 e. The number of benzene rings is 1. The van der Waals surface area contributed by atoms with Crippen LogP contribution in [-0.4, -0.2) is 13.4 Å². The van der Waals surface area contributed by atoms with Gasteiger partial charge in [-0.1, -0.05) is 42.0 Å². The lowest BCUT2D eigenvalue weighted by Crippen LogP contribution is -2.24. The van der Waals surface area contributed by atoms with Gasteiger partial charge in [0.15, 0.2) is 0 Å². The minimum absolute atomic E-state index is 0.122. The maximum Gasteiger partial charge on any atom is 0.216 e. The fourth-order valence-electron chi connectivity index (χ4n) is 1.71. The molecule has 2 aromatic rings. The van der Waals surface area contributed by atoms with E-state index in [4.69, 9.17) is 29.6 Å². The first-order valence-electron chi connectivity index (χ1n) is 5.96. The van der Waals surface area contributed by atoms with E-state index in [1.54, 1.807) is 36.4 Å². The second-order valence-corrected chi connectivity index (χ2v) is 8.40. The van der Waals surface area contributed by atoms with Crippen LogP contribution in [0.25, 0.3) is 0 Å². The molecule has 0 unspecified atom stereocenters. The van der Waals surface area contributed by atoms with E-state index in [0.29, 0.717) is 15.5 Å². The van der Waals surface area contributed by atoms with Crippen LogP contribution in [-0.2, 0) is 22.3 Å². The molecule has 0 radical (unpaired) electrons. The topological polar surface area (TPSA) is 72.2 Å². The number of halogens is 1. The lowest BCUT2D eigenvalue weighted by Gasteiger charge is -2.07. The van der Waals surface area contributed by atoms with Crippen molar-refractivity contribution in [2.24, 2.45) is 5.73 Å². The molecule has 0 atom stereocenters. The molecule has 0 fully saturated rings. The van der Waals surface area contributed by atoms with E-state index in [9.17, 15) is 8.42 Å². The Bertz CT molecular complexity index is 756. The van der Waals surface area contributed by atoms with E-state index >= 15 is 0 Å². The Kier molecular flexibility index (Phi) is 5.34. The summed E-state index contributed by atoms with van der Waals surface area (Å²) in [4.78, 5) is 1.11. The Labute approximate surface area is 138 Å². The zero-order chi connectivity index (χ0) is 15.5. The van der Waals surface area contributed by atoms with Crippen molar-refractivity contribution in [1.82, 2.24) is 4.72 Å². The predicted octanol–water partition coefficient (Wildman–Crippen LogP) is 2.66. The zero-order valence-corrected chi connectivity index (χ0v) is 14.1. The average Bonchev–Trinajstić information content (AvgIpc) is 2.82. The molecule has 0 aliphatic carbocycles. The van der Waals surface area contributed by atoms with Gasteiger partial charge in [-0.3, -0.25) is 0 Å². The normalized spacial score (nSPS) is 11.5. The first-order chi connectivity index (χ1) is 9.85. The minimum Gasteiger partial charge on any atom is -0.389 e. The van der Waals surface area contributed by atoms with E-state index in [-0.39, 0.29) is 17.3 Å². The Morgan fingerprint density at radius 3 is 2.71 bits per heavy atom. The zero-order valence-electron chi connectivity index (χ0n) is 10.9. The lowest BCUT2D eigenvalue weighted by atomic mass is 10.1. The number of sulfonamides is 1. The monoisotopic (exact) mass is 360 g/mol. The van der Waals surface area contributed by atoms with Crippen LogP contribution in [0.5, 0.6) is 0 Å². The van der Waals surface area contributed by atoms with E-state index in [0.717, 1.165) is 4.88 Å². The highest BCUT2D eigenvalue weighted by molar-refractivity contribution is 7.88. The molecule has 3 N–H and O–H groups in total. The minimum atomic E-state index is -3.44. The molecule has 0 bridgehead atoms. The number of nitrogens with one attached hydrogen (secondary N) is 1. The first kappa shape index (κ1) is 16.4. The quantitative estimate of drug-likeness (QED) is 0.777. The van der Waals surface area contributed by atoms with Crippen LogP contribution in [0.1, 0.15) is 16.0 Å². The molecule has 0 aliphatic heterocycles. The third-order valence-electron chi connectivity index (χ3n) is 2.66. The number of thiophene rings is 1. The van der Waals surface area contributed by atoms with E-state index in [1.807, 2.05) is 0 Å². The summed E-state index contributed by atoms with van der Waals surface area (Å²) in [5.74, 6) is -0.122. The molecule has 1 aromatic heterocycles. The molecule has 4 nitrogen and oxygen atoms in total. The second-order valence-electron chi connectivity index (χ2n) is 4.35. The van der Waals surface area contributed by atoms with Gasteiger partial charge in [-0.2, -0.15) is 0 Å². The summed E-state index contributed by atoms with van der Waals surface area (Å²) in [5.41, 5.74) is 6.83. The van der Waals surface area contributed by atoms with Crippen LogP contribution in [0.4, 0.5) is 0 Å². The molecular formula is C13H13ClN2O2S3. The molecule has 0 aliphatic rings. The first-order valence-corrected chi connectivity index (χ1v) is 9.21. The average molecular weight is 361 g/mol. The fraction of sp³-hybridized carbons (Fsp3) is 0.154. The maximum absolute atomic E-state index is 12.1. The molecule has 0 saturated heterocycles. The van der Waals surface area contributed by atoms with Gasteiger partial charge in [-0.25, -0.2) is 13.1 Å². The van der Waals surface area contributed by atoms with Crippen molar-refractivity contribution in [3.63, 3.8) is 0 Å². The van der Waals surface area contributed by atoms with Gasteiger partial charge in [0.25, 0.3) is 0 Å². The second kappa shape index (κ2) is 6.85. The third kappa shape index (κ3) is 5.05. The Morgan fingerprint density at radius 1 is 1.33 bits per heavy atom. The molecule has 0 saturated carbocycles. The number of rotatable bonds is 6. The molecule has 2 rings (SSSR count). The van der Waals surface area contributed by atoms with Crippen molar-refractivity contribution in [3.05, 3.63) is 56.7 Å². The van der Waals surface area contributed by atoms with Crippen LogP contribution in [0, 0.1) is 0 Å². The van der Waals surface area contributed by atoms with E-state index in [2.05, 4.69) is 4.72 Å². The van der Waals surface area contributed by atoms with Gasteiger partial charge in [-0.15, -0.1) is 11.3 Å². The highest BCUT2D eigenvalue weighted by atomic mass is 35.5. The van der Waals surface area contributed by atoms with E-state index in [1.165, 1.54) is 11.3 Å². The molecule has 0 spiro atoms.